The van der Waals surface area contributed by atoms with Gasteiger partial charge in [0.25, 0.3) is 5.91 Å². The van der Waals surface area contributed by atoms with Crippen molar-refractivity contribution in [2.75, 3.05) is 5.32 Å². The van der Waals surface area contributed by atoms with E-state index in [4.69, 9.17) is 5.11 Å². The minimum Gasteiger partial charge on any atom is -0.478 e. The number of rotatable bonds is 3. The number of nitrogens with zero attached hydrogens (tertiary/aromatic N) is 1. The molecule has 0 atom stereocenters. The maximum Gasteiger partial charge on any atom is 0.337 e. The van der Waals surface area contributed by atoms with Crippen molar-refractivity contribution in [3.63, 3.8) is 0 Å². The van der Waals surface area contributed by atoms with Gasteiger partial charge in [0.2, 0.25) is 0 Å². The van der Waals surface area contributed by atoms with Crippen LogP contribution >= 0.6 is 0 Å². The zero-order chi connectivity index (χ0) is 15.6. The molecule has 0 bridgehead atoms. The highest BCUT2D eigenvalue weighted by Crippen LogP contribution is 2.18. The molecule has 0 aliphatic carbocycles. The van der Waals surface area contributed by atoms with E-state index in [0.717, 1.165) is 18.3 Å². The van der Waals surface area contributed by atoms with Crippen molar-refractivity contribution in [1.82, 2.24) is 4.98 Å². The second-order valence-electron chi connectivity index (χ2n) is 3.90. The van der Waals surface area contributed by atoms with Crippen LogP contribution in [0.2, 0.25) is 0 Å². The smallest absolute Gasteiger partial charge is 0.337 e. The van der Waals surface area contributed by atoms with Gasteiger partial charge >= 0.3 is 5.97 Å². The summed E-state index contributed by atoms with van der Waals surface area (Å²) in [5.41, 5.74) is -1.23. The Kier molecular flexibility index (Phi) is 3.88. The fourth-order valence-electron chi connectivity index (χ4n) is 1.57. The van der Waals surface area contributed by atoms with Crippen molar-refractivity contribution in [1.29, 1.82) is 0 Å². The van der Waals surface area contributed by atoms with Crippen LogP contribution in [0, 0.1) is 17.5 Å². The lowest BCUT2D eigenvalue weighted by molar-refractivity contribution is 0.0698. The van der Waals surface area contributed by atoms with E-state index < -0.39 is 34.9 Å². The molecule has 0 unspecified atom stereocenters. The van der Waals surface area contributed by atoms with Gasteiger partial charge in [-0.1, -0.05) is 0 Å². The summed E-state index contributed by atoms with van der Waals surface area (Å²) in [7, 11) is 0. The molecule has 1 aromatic carbocycles. The third-order valence-electron chi connectivity index (χ3n) is 2.58. The molecule has 2 rings (SSSR count). The van der Waals surface area contributed by atoms with E-state index in [1.54, 1.807) is 0 Å². The van der Waals surface area contributed by atoms with Crippen LogP contribution in [0.4, 0.5) is 18.9 Å². The number of pyridine rings is 1. The maximum atomic E-state index is 13.5. The Labute approximate surface area is 116 Å². The molecule has 21 heavy (non-hydrogen) atoms. The number of aromatic carboxylic acids is 1. The predicted molar refractivity (Wildman–Crippen MR) is 65.5 cm³/mol. The third-order valence-corrected chi connectivity index (χ3v) is 2.58. The van der Waals surface area contributed by atoms with E-state index in [0.29, 0.717) is 6.07 Å². The molecule has 1 heterocycles. The maximum absolute atomic E-state index is 13.5. The molecular formula is C13H7F3N2O3. The number of anilines is 1. The van der Waals surface area contributed by atoms with Crippen LogP contribution in [0.5, 0.6) is 0 Å². The molecule has 2 aromatic rings. The molecule has 0 fully saturated rings. The quantitative estimate of drug-likeness (QED) is 0.853. The van der Waals surface area contributed by atoms with Gasteiger partial charge in [-0.2, -0.15) is 0 Å². The molecule has 0 aliphatic rings. The lowest BCUT2D eigenvalue weighted by Crippen LogP contribution is -2.17. The highest BCUT2D eigenvalue weighted by molar-refractivity contribution is 6.07. The van der Waals surface area contributed by atoms with Gasteiger partial charge in [0.05, 0.1) is 23.0 Å². The summed E-state index contributed by atoms with van der Waals surface area (Å²) in [6.07, 6.45) is 2.23. The average Bonchev–Trinajstić information content (AvgIpc) is 2.45. The van der Waals surface area contributed by atoms with Crippen LogP contribution in [-0.2, 0) is 0 Å². The number of amides is 1. The first-order chi connectivity index (χ1) is 9.91. The summed E-state index contributed by atoms with van der Waals surface area (Å²) in [5.74, 6) is -7.34. The van der Waals surface area contributed by atoms with Crippen molar-refractivity contribution in [3.8, 4) is 0 Å². The van der Waals surface area contributed by atoms with Gasteiger partial charge in [0.15, 0.2) is 17.5 Å². The minimum absolute atomic E-state index is 0.195. The van der Waals surface area contributed by atoms with Crippen molar-refractivity contribution in [3.05, 3.63) is 59.2 Å². The van der Waals surface area contributed by atoms with E-state index in [2.05, 4.69) is 10.3 Å². The Morgan fingerprint density at radius 2 is 1.76 bits per heavy atom. The predicted octanol–water partition coefficient (Wildman–Crippen LogP) is 2.45. The summed E-state index contributed by atoms with van der Waals surface area (Å²) >= 11 is 0. The molecule has 0 saturated carbocycles. The largest absolute Gasteiger partial charge is 0.478 e. The lowest BCUT2D eigenvalue weighted by Gasteiger charge is -2.08. The van der Waals surface area contributed by atoms with Gasteiger partial charge in [-0.05, 0) is 18.2 Å². The second kappa shape index (κ2) is 5.61. The molecule has 108 valence electrons. The number of hydrogen-bond donors (Lipinski definition) is 2. The lowest BCUT2D eigenvalue weighted by atomic mass is 10.1. The number of carboxylic acid groups (broad SMARTS) is 1. The summed E-state index contributed by atoms with van der Waals surface area (Å²) in [6.45, 7) is 0. The summed E-state index contributed by atoms with van der Waals surface area (Å²) < 4.78 is 39.3. The fourth-order valence-corrected chi connectivity index (χ4v) is 1.57. The van der Waals surface area contributed by atoms with Gasteiger partial charge in [-0.25, -0.2) is 18.0 Å². The molecule has 0 aliphatic heterocycles. The van der Waals surface area contributed by atoms with Crippen LogP contribution in [0.1, 0.15) is 20.7 Å². The second-order valence-corrected chi connectivity index (χ2v) is 3.90. The van der Waals surface area contributed by atoms with E-state index >= 15 is 0 Å². The van der Waals surface area contributed by atoms with Gasteiger partial charge in [0.1, 0.15) is 0 Å². The summed E-state index contributed by atoms with van der Waals surface area (Å²) in [6, 6.07) is 2.47. The molecular weight excluding hydrogens is 289 g/mol. The third kappa shape index (κ3) is 2.83. The average molecular weight is 296 g/mol. The van der Waals surface area contributed by atoms with E-state index in [9.17, 15) is 22.8 Å². The molecule has 5 nitrogen and oxygen atoms in total. The normalized spacial score (nSPS) is 10.2. The van der Waals surface area contributed by atoms with E-state index in [-0.39, 0.29) is 11.3 Å². The van der Waals surface area contributed by atoms with Crippen molar-refractivity contribution in [2.45, 2.75) is 0 Å². The first-order valence-corrected chi connectivity index (χ1v) is 5.54. The number of carbonyl (C=O) groups is 2. The van der Waals surface area contributed by atoms with Gasteiger partial charge in [0, 0.05) is 6.20 Å². The molecule has 2 N–H and O–H groups in total. The van der Waals surface area contributed by atoms with Crippen molar-refractivity contribution >= 4 is 17.6 Å². The number of carbonyl (C=O) groups excluding carboxylic acids is 1. The monoisotopic (exact) mass is 296 g/mol. The Bertz CT molecular complexity index is 735. The molecule has 1 aromatic heterocycles. The standard InChI is InChI=1S/C13H7F3N2O3/c14-8-2-1-7(10(15)11(8)16)12(19)18-9-5-17-4-3-6(9)13(20)21/h1-5H,(H,18,19)(H,20,21). The number of benzene rings is 1. The highest BCUT2D eigenvalue weighted by atomic mass is 19.2. The highest BCUT2D eigenvalue weighted by Gasteiger charge is 2.20. The van der Waals surface area contributed by atoms with Crippen molar-refractivity contribution in [2.24, 2.45) is 0 Å². The minimum atomic E-state index is -1.78. The zero-order valence-corrected chi connectivity index (χ0v) is 10.2. The van der Waals surface area contributed by atoms with Gasteiger partial charge in [-0.3, -0.25) is 9.78 Å². The first-order valence-electron chi connectivity index (χ1n) is 5.54. The van der Waals surface area contributed by atoms with Crippen LogP contribution in [-0.4, -0.2) is 22.0 Å². The SMILES string of the molecule is O=C(O)c1ccncc1NC(=O)c1ccc(F)c(F)c1F. The number of nitrogens with one attached hydrogen (secondary N) is 1. The zero-order valence-electron chi connectivity index (χ0n) is 10.2. The van der Waals surface area contributed by atoms with Crippen LogP contribution in [0.25, 0.3) is 0 Å². The number of halogens is 3. The first kappa shape index (κ1) is 14.5. The number of aromatic nitrogens is 1. The molecule has 1 amide bonds. The molecule has 0 spiro atoms. The van der Waals surface area contributed by atoms with Gasteiger partial charge in [-0.15, -0.1) is 0 Å². The fraction of sp³-hybridized carbons (Fsp3) is 0. The van der Waals surface area contributed by atoms with Crippen LogP contribution < -0.4 is 5.32 Å². The number of carboxylic acids is 1. The molecule has 8 heteroatoms. The Hall–Kier alpha value is -2.90. The molecule has 0 saturated heterocycles. The number of hydrogen-bond acceptors (Lipinski definition) is 3. The molecule has 0 radical (unpaired) electrons. The topological polar surface area (TPSA) is 79.3 Å². The Morgan fingerprint density at radius 1 is 1.05 bits per heavy atom. The Morgan fingerprint density at radius 3 is 2.43 bits per heavy atom. The van der Waals surface area contributed by atoms with Gasteiger partial charge < -0.3 is 10.4 Å². The van der Waals surface area contributed by atoms with Crippen LogP contribution in [0.15, 0.2) is 30.6 Å². The Balaban J connectivity index is 2.36. The summed E-state index contributed by atoms with van der Waals surface area (Å²) in [4.78, 5) is 26.4. The van der Waals surface area contributed by atoms with E-state index in [1.165, 1.54) is 6.20 Å². The van der Waals surface area contributed by atoms with Crippen LogP contribution in [0.3, 0.4) is 0 Å². The van der Waals surface area contributed by atoms with E-state index in [1.807, 2.05) is 0 Å². The summed E-state index contributed by atoms with van der Waals surface area (Å²) in [5, 5.41) is 11.0. The van der Waals surface area contributed by atoms with Crippen molar-refractivity contribution < 1.29 is 27.9 Å².